The highest BCUT2D eigenvalue weighted by Gasteiger charge is 2.46. The smallest absolute Gasteiger partial charge is 0.143 e. The average molecular weight is 652 g/mol. The Bertz CT molecular complexity index is 2640. The first-order chi connectivity index (χ1) is 25.3. The summed E-state index contributed by atoms with van der Waals surface area (Å²) in [4.78, 5) is 2.37. The van der Waals surface area contributed by atoms with Crippen LogP contribution in [0.4, 0.5) is 17.1 Å². The minimum atomic E-state index is -0.470. The van der Waals surface area contributed by atoms with Gasteiger partial charge in [0.15, 0.2) is 0 Å². The second kappa shape index (κ2) is 11.8. The van der Waals surface area contributed by atoms with Gasteiger partial charge in [0, 0.05) is 33.4 Å². The first kappa shape index (κ1) is 29.3. The standard InChI is InChI=1S/C49H33NO/c1-4-15-35(16-5-1)49(36-17-6-2-7-18-36)45-25-12-10-21-41(45)42-32-31-39(33-46(42)49)50(37-19-8-3-9-20-37)38-29-27-34(28-30-38)40-23-14-24-44-43-22-11-13-26-47(43)51-48(40)44/h1-33H. The Kier molecular flexibility index (Phi) is 6.75. The number of benzene rings is 8. The summed E-state index contributed by atoms with van der Waals surface area (Å²) in [5, 5.41) is 2.28. The van der Waals surface area contributed by atoms with E-state index in [1.807, 2.05) is 12.1 Å². The van der Waals surface area contributed by atoms with Gasteiger partial charge in [-0.25, -0.2) is 0 Å². The number of furan rings is 1. The van der Waals surface area contributed by atoms with E-state index < -0.39 is 5.41 Å². The monoisotopic (exact) mass is 651 g/mol. The topological polar surface area (TPSA) is 16.4 Å². The Morgan fingerprint density at radius 3 is 1.67 bits per heavy atom. The van der Waals surface area contributed by atoms with Crippen molar-refractivity contribution in [1.82, 2.24) is 0 Å². The van der Waals surface area contributed by atoms with Crippen molar-refractivity contribution in [2.45, 2.75) is 5.41 Å². The average Bonchev–Trinajstić information content (AvgIpc) is 3.73. The van der Waals surface area contributed by atoms with Crippen LogP contribution in [-0.4, -0.2) is 0 Å². The number of fused-ring (bicyclic) bond motifs is 6. The van der Waals surface area contributed by atoms with E-state index in [0.29, 0.717) is 0 Å². The lowest BCUT2D eigenvalue weighted by atomic mass is 9.67. The Balaban J connectivity index is 1.16. The number of anilines is 3. The number of nitrogens with zero attached hydrogens (tertiary/aromatic N) is 1. The normalized spacial score (nSPS) is 12.9. The molecule has 0 saturated heterocycles. The number of hydrogen-bond acceptors (Lipinski definition) is 2. The highest BCUT2D eigenvalue weighted by atomic mass is 16.3. The molecule has 0 amide bonds. The Morgan fingerprint density at radius 1 is 0.373 bits per heavy atom. The minimum absolute atomic E-state index is 0.470. The molecule has 0 atom stereocenters. The predicted octanol–water partition coefficient (Wildman–Crippen LogP) is 13.1. The molecule has 0 bridgehead atoms. The van der Waals surface area contributed by atoms with Crippen LogP contribution in [0.25, 0.3) is 44.2 Å². The van der Waals surface area contributed by atoms with Crippen LogP contribution in [0.3, 0.4) is 0 Å². The van der Waals surface area contributed by atoms with E-state index in [2.05, 4.69) is 193 Å². The first-order valence-electron chi connectivity index (χ1n) is 17.5. The summed E-state index contributed by atoms with van der Waals surface area (Å²) in [5.41, 5.74) is 14.5. The fourth-order valence-corrected chi connectivity index (χ4v) is 8.36. The molecular weight excluding hydrogens is 619 g/mol. The molecule has 240 valence electrons. The van der Waals surface area contributed by atoms with Gasteiger partial charge in [0.05, 0.1) is 5.41 Å². The summed E-state index contributed by atoms with van der Waals surface area (Å²) in [6, 6.07) is 72.2. The largest absolute Gasteiger partial charge is 0.455 e. The maximum absolute atomic E-state index is 6.41. The molecule has 2 nitrogen and oxygen atoms in total. The van der Waals surface area contributed by atoms with Crippen molar-refractivity contribution in [2.24, 2.45) is 0 Å². The van der Waals surface area contributed by atoms with Crippen LogP contribution in [-0.2, 0) is 5.41 Å². The van der Waals surface area contributed by atoms with E-state index in [4.69, 9.17) is 4.42 Å². The lowest BCUT2D eigenvalue weighted by molar-refractivity contribution is 0.670. The van der Waals surface area contributed by atoms with E-state index >= 15 is 0 Å². The highest BCUT2D eigenvalue weighted by molar-refractivity contribution is 6.09. The van der Waals surface area contributed by atoms with E-state index in [-0.39, 0.29) is 0 Å². The Morgan fingerprint density at radius 2 is 0.922 bits per heavy atom. The van der Waals surface area contributed by atoms with Crippen molar-refractivity contribution < 1.29 is 4.42 Å². The lowest BCUT2D eigenvalue weighted by Crippen LogP contribution is -2.28. The molecule has 0 unspecified atom stereocenters. The molecule has 1 aromatic heterocycles. The molecule has 1 heterocycles. The van der Waals surface area contributed by atoms with Gasteiger partial charge in [-0.05, 0) is 81.4 Å². The third-order valence-electron chi connectivity index (χ3n) is 10.6. The molecule has 0 N–H and O–H groups in total. The molecule has 10 rings (SSSR count). The van der Waals surface area contributed by atoms with Gasteiger partial charge in [-0.3, -0.25) is 0 Å². The molecule has 51 heavy (non-hydrogen) atoms. The SMILES string of the molecule is c1ccc(N(c2ccc(-c3cccc4c3oc3ccccc34)cc2)c2ccc3c(c2)C(c2ccccc2)(c2ccccc2)c2ccccc2-3)cc1. The van der Waals surface area contributed by atoms with Gasteiger partial charge in [-0.1, -0.05) is 158 Å². The first-order valence-corrected chi connectivity index (χ1v) is 17.5. The Labute approximate surface area is 297 Å². The van der Waals surface area contributed by atoms with Crippen LogP contribution in [0, 0.1) is 0 Å². The predicted molar refractivity (Wildman–Crippen MR) is 211 cm³/mol. The van der Waals surface area contributed by atoms with Gasteiger partial charge in [0.25, 0.3) is 0 Å². The van der Waals surface area contributed by atoms with Crippen LogP contribution < -0.4 is 4.90 Å². The van der Waals surface area contributed by atoms with Crippen LogP contribution >= 0.6 is 0 Å². The molecule has 0 radical (unpaired) electrons. The van der Waals surface area contributed by atoms with Gasteiger partial charge in [0.2, 0.25) is 0 Å². The fraction of sp³-hybridized carbons (Fsp3) is 0.0204. The number of para-hydroxylation sites is 3. The molecule has 0 spiro atoms. The van der Waals surface area contributed by atoms with Gasteiger partial charge < -0.3 is 9.32 Å². The van der Waals surface area contributed by atoms with Gasteiger partial charge in [-0.15, -0.1) is 0 Å². The minimum Gasteiger partial charge on any atom is -0.455 e. The van der Waals surface area contributed by atoms with Crippen molar-refractivity contribution in [3.8, 4) is 22.3 Å². The fourth-order valence-electron chi connectivity index (χ4n) is 8.36. The zero-order valence-electron chi connectivity index (χ0n) is 27.9. The van der Waals surface area contributed by atoms with Crippen molar-refractivity contribution in [2.75, 3.05) is 4.90 Å². The van der Waals surface area contributed by atoms with Gasteiger partial charge in [0.1, 0.15) is 11.2 Å². The van der Waals surface area contributed by atoms with Crippen LogP contribution in [0.1, 0.15) is 22.3 Å². The zero-order chi connectivity index (χ0) is 33.8. The molecule has 8 aromatic carbocycles. The number of hydrogen-bond donors (Lipinski definition) is 0. The van der Waals surface area contributed by atoms with Crippen LogP contribution in [0.5, 0.6) is 0 Å². The summed E-state index contributed by atoms with van der Waals surface area (Å²) in [6.07, 6.45) is 0. The molecule has 1 aliphatic carbocycles. The number of rotatable bonds is 6. The van der Waals surface area contributed by atoms with E-state index in [0.717, 1.165) is 50.1 Å². The second-order valence-electron chi connectivity index (χ2n) is 13.3. The molecule has 0 aliphatic heterocycles. The molecule has 0 saturated carbocycles. The second-order valence-corrected chi connectivity index (χ2v) is 13.3. The quantitative estimate of drug-likeness (QED) is 0.178. The highest BCUT2D eigenvalue weighted by Crippen LogP contribution is 2.57. The van der Waals surface area contributed by atoms with E-state index in [1.54, 1.807) is 0 Å². The summed E-state index contributed by atoms with van der Waals surface area (Å²) in [5.74, 6) is 0. The summed E-state index contributed by atoms with van der Waals surface area (Å²) in [7, 11) is 0. The maximum Gasteiger partial charge on any atom is 0.143 e. The summed E-state index contributed by atoms with van der Waals surface area (Å²) < 4.78 is 6.41. The van der Waals surface area contributed by atoms with E-state index in [9.17, 15) is 0 Å². The van der Waals surface area contributed by atoms with Crippen molar-refractivity contribution in [3.05, 3.63) is 222 Å². The molecule has 0 fully saturated rings. The summed E-state index contributed by atoms with van der Waals surface area (Å²) in [6.45, 7) is 0. The van der Waals surface area contributed by atoms with Crippen molar-refractivity contribution in [3.63, 3.8) is 0 Å². The van der Waals surface area contributed by atoms with Crippen LogP contribution in [0.15, 0.2) is 205 Å². The molecule has 9 aromatic rings. The van der Waals surface area contributed by atoms with E-state index in [1.165, 1.54) is 33.4 Å². The zero-order valence-corrected chi connectivity index (χ0v) is 27.9. The third kappa shape index (κ3) is 4.50. The third-order valence-corrected chi connectivity index (χ3v) is 10.6. The van der Waals surface area contributed by atoms with Crippen molar-refractivity contribution in [1.29, 1.82) is 0 Å². The molecular formula is C49H33NO. The molecule has 1 aliphatic rings. The summed E-state index contributed by atoms with van der Waals surface area (Å²) >= 11 is 0. The molecule has 2 heteroatoms. The lowest BCUT2D eigenvalue weighted by Gasteiger charge is -2.35. The van der Waals surface area contributed by atoms with Gasteiger partial charge >= 0.3 is 0 Å². The van der Waals surface area contributed by atoms with Gasteiger partial charge in [-0.2, -0.15) is 0 Å². The van der Waals surface area contributed by atoms with Crippen LogP contribution in [0.2, 0.25) is 0 Å². The Hall–Kier alpha value is -6.64. The maximum atomic E-state index is 6.41. The van der Waals surface area contributed by atoms with Crippen molar-refractivity contribution >= 4 is 39.0 Å².